The number of methoxy groups -OCH3 is 1. The molecule has 1 saturated heterocycles. The highest BCUT2D eigenvalue weighted by molar-refractivity contribution is 5.89. The van der Waals surface area contributed by atoms with Crippen LogP contribution in [0.25, 0.3) is 11.0 Å². The molecule has 1 aromatic carbocycles. The molecule has 0 spiro atoms. The summed E-state index contributed by atoms with van der Waals surface area (Å²) in [4.78, 5) is 33.9. The number of rotatable bonds is 5. The molecule has 0 saturated carbocycles. The maximum atomic E-state index is 13.6. The molecule has 3 aromatic rings. The highest BCUT2D eigenvalue weighted by atomic mass is 19.1. The van der Waals surface area contributed by atoms with Crippen molar-refractivity contribution in [2.75, 3.05) is 25.1 Å². The summed E-state index contributed by atoms with van der Waals surface area (Å²) in [6.45, 7) is 5.27. The Kier molecular flexibility index (Phi) is 6.85. The predicted molar refractivity (Wildman–Crippen MR) is 130 cm³/mol. The molecule has 3 heterocycles. The Balaban J connectivity index is 1.71. The molecule has 0 amide bonds. The molecule has 35 heavy (non-hydrogen) atoms. The van der Waals surface area contributed by atoms with Crippen molar-refractivity contribution in [1.82, 2.24) is 14.5 Å². The number of nitriles is 1. The third-order valence-corrected chi connectivity index (χ3v) is 6.77. The predicted octanol–water partition coefficient (Wildman–Crippen LogP) is 3.15. The van der Waals surface area contributed by atoms with Gasteiger partial charge in [0.25, 0.3) is 5.56 Å². The lowest BCUT2D eigenvalue weighted by Crippen LogP contribution is -2.57. The van der Waals surface area contributed by atoms with Crippen molar-refractivity contribution in [2.45, 2.75) is 38.4 Å². The van der Waals surface area contributed by atoms with E-state index in [1.165, 1.54) is 23.8 Å². The number of esters is 1. The minimum Gasteiger partial charge on any atom is -0.469 e. The standard InChI is InChI=1S/C26H28FN5O3/c1-16-15-32(23-11-24(33)30(3)21-10-9-20(13-28)29-26(21)23)17(2)14-31(16)22(12-25(34)35-4)18-5-7-19(27)8-6-18/h5-11,16-17,22H,12,14-15H2,1-4H3/t16-,17+,22?/m1/s1. The number of pyridine rings is 2. The minimum absolute atomic E-state index is 0.0100. The average Bonchev–Trinajstić information content (AvgIpc) is 2.86. The Morgan fingerprint density at radius 3 is 2.57 bits per heavy atom. The first-order valence-electron chi connectivity index (χ1n) is 11.5. The van der Waals surface area contributed by atoms with E-state index >= 15 is 0 Å². The number of aromatic nitrogens is 2. The number of carbonyl (C=O) groups is 1. The Morgan fingerprint density at radius 2 is 1.91 bits per heavy atom. The van der Waals surface area contributed by atoms with Crippen LogP contribution in [0.5, 0.6) is 0 Å². The van der Waals surface area contributed by atoms with E-state index in [-0.39, 0.29) is 47.6 Å². The van der Waals surface area contributed by atoms with Gasteiger partial charge in [0.15, 0.2) is 0 Å². The summed E-state index contributed by atoms with van der Waals surface area (Å²) in [7, 11) is 3.05. The molecule has 182 valence electrons. The van der Waals surface area contributed by atoms with Gasteiger partial charge in [-0.15, -0.1) is 0 Å². The van der Waals surface area contributed by atoms with Gasteiger partial charge in [-0.2, -0.15) is 5.26 Å². The largest absolute Gasteiger partial charge is 0.469 e. The van der Waals surface area contributed by atoms with Crippen LogP contribution in [-0.4, -0.2) is 52.7 Å². The Labute approximate surface area is 203 Å². The zero-order valence-corrected chi connectivity index (χ0v) is 20.2. The van der Waals surface area contributed by atoms with Gasteiger partial charge in [0.05, 0.1) is 24.7 Å². The maximum Gasteiger partial charge on any atom is 0.307 e. The summed E-state index contributed by atoms with van der Waals surface area (Å²) in [6, 6.07) is 12.9. The number of halogens is 1. The van der Waals surface area contributed by atoms with Crippen LogP contribution in [0.1, 0.15) is 37.6 Å². The molecule has 0 aliphatic carbocycles. The molecule has 2 aromatic heterocycles. The molecule has 3 atom stereocenters. The van der Waals surface area contributed by atoms with E-state index in [1.807, 2.05) is 0 Å². The number of hydrogen-bond acceptors (Lipinski definition) is 7. The molecular formula is C26H28FN5O3. The molecule has 4 rings (SSSR count). The zero-order valence-electron chi connectivity index (χ0n) is 20.2. The second kappa shape index (κ2) is 9.84. The van der Waals surface area contributed by atoms with Gasteiger partial charge in [-0.1, -0.05) is 12.1 Å². The second-order valence-corrected chi connectivity index (χ2v) is 9.00. The quantitative estimate of drug-likeness (QED) is 0.522. The lowest BCUT2D eigenvalue weighted by Gasteiger charge is -2.48. The average molecular weight is 478 g/mol. The molecule has 1 unspecified atom stereocenters. The highest BCUT2D eigenvalue weighted by Crippen LogP contribution is 2.34. The number of anilines is 1. The number of fused-ring (bicyclic) bond motifs is 1. The first kappa shape index (κ1) is 24.4. The number of carbonyl (C=O) groups excluding carboxylic acids is 1. The van der Waals surface area contributed by atoms with Gasteiger partial charge in [-0.3, -0.25) is 14.5 Å². The first-order valence-corrected chi connectivity index (χ1v) is 11.5. The van der Waals surface area contributed by atoms with Crippen LogP contribution in [-0.2, 0) is 16.6 Å². The number of aryl methyl sites for hydroxylation is 1. The van der Waals surface area contributed by atoms with E-state index in [2.05, 4.69) is 34.7 Å². The molecule has 0 bridgehead atoms. The number of benzene rings is 1. The van der Waals surface area contributed by atoms with Crippen LogP contribution in [0, 0.1) is 17.1 Å². The lowest BCUT2D eigenvalue weighted by atomic mass is 9.96. The topological polar surface area (TPSA) is 91.5 Å². The molecule has 8 nitrogen and oxygen atoms in total. The summed E-state index contributed by atoms with van der Waals surface area (Å²) in [5.41, 5.74) is 2.91. The summed E-state index contributed by atoms with van der Waals surface area (Å²) < 4.78 is 20.0. The molecule has 0 radical (unpaired) electrons. The van der Waals surface area contributed by atoms with Gasteiger partial charge >= 0.3 is 5.97 Å². The van der Waals surface area contributed by atoms with Crippen LogP contribution in [0.3, 0.4) is 0 Å². The van der Waals surface area contributed by atoms with E-state index in [9.17, 15) is 19.2 Å². The molecule has 0 N–H and O–H groups in total. The Hall–Kier alpha value is -3.77. The van der Waals surface area contributed by atoms with E-state index in [0.717, 1.165) is 5.56 Å². The van der Waals surface area contributed by atoms with Crippen molar-refractivity contribution in [3.63, 3.8) is 0 Å². The number of hydrogen-bond donors (Lipinski definition) is 0. The molecule has 1 fully saturated rings. The third kappa shape index (κ3) is 4.75. The Bertz CT molecular complexity index is 1350. The smallest absolute Gasteiger partial charge is 0.307 e. The summed E-state index contributed by atoms with van der Waals surface area (Å²) in [5, 5.41) is 9.37. The van der Waals surface area contributed by atoms with Crippen molar-refractivity contribution in [1.29, 1.82) is 5.26 Å². The molecule has 1 aliphatic rings. The zero-order chi connectivity index (χ0) is 25.3. The summed E-state index contributed by atoms with van der Waals surface area (Å²) in [5.74, 6) is -0.675. The SMILES string of the molecule is COC(=O)CC(c1ccc(F)cc1)N1C[C@H](C)N(c2cc(=O)n(C)c3ccc(C#N)nc23)C[C@H]1C. The first-order chi connectivity index (χ1) is 16.7. The lowest BCUT2D eigenvalue weighted by molar-refractivity contribution is -0.142. The van der Waals surface area contributed by atoms with Crippen molar-refractivity contribution in [3.05, 3.63) is 69.9 Å². The van der Waals surface area contributed by atoms with E-state index in [4.69, 9.17) is 4.74 Å². The molecular weight excluding hydrogens is 449 g/mol. The minimum atomic E-state index is -0.340. The number of piperazine rings is 1. The fraction of sp³-hybridized carbons (Fsp3) is 0.385. The monoisotopic (exact) mass is 477 g/mol. The molecule has 9 heteroatoms. The molecule has 1 aliphatic heterocycles. The van der Waals surface area contributed by atoms with Gasteiger partial charge in [-0.05, 0) is 43.7 Å². The van der Waals surface area contributed by atoms with Crippen LogP contribution < -0.4 is 10.5 Å². The van der Waals surface area contributed by atoms with Crippen LogP contribution in [0.4, 0.5) is 10.1 Å². The fourth-order valence-electron chi connectivity index (χ4n) is 4.87. The Morgan fingerprint density at radius 1 is 1.20 bits per heavy atom. The fourth-order valence-corrected chi connectivity index (χ4v) is 4.87. The second-order valence-electron chi connectivity index (χ2n) is 9.00. The van der Waals surface area contributed by atoms with E-state index in [1.54, 1.807) is 37.4 Å². The van der Waals surface area contributed by atoms with Crippen LogP contribution in [0.2, 0.25) is 0 Å². The van der Waals surface area contributed by atoms with Gasteiger partial charge in [0.2, 0.25) is 0 Å². The van der Waals surface area contributed by atoms with Gasteiger partial charge < -0.3 is 14.2 Å². The van der Waals surface area contributed by atoms with E-state index < -0.39 is 0 Å². The van der Waals surface area contributed by atoms with Crippen molar-refractivity contribution in [3.8, 4) is 6.07 Å². The highest BCUT2D eigenvalue weighted by Gasteiger charge is 2.36. The van der Waals surface area contributed by atoms with E-state index in [0.29, 0.717) is 29.8 Å². The van der Waals surface area contributed by atoms with Gasteiger partial charge in [0.1, 0.15) is 23.1 Å². The third-order valence-electron chi connectivity index (χ3n) is 6.77. The van der Waals surface area contributed by atoms with Gasteiger partial charge in [0, 0.05) is 44.3 Å². The number of ether oxygens (including phenoxy) is 1. The normalized spacial score (nSPS) is 19.4. The summed E-state index contributed by atoms with van der Waals surface area (Å²) >= 11 is 0. The van der Waals surface area contributed by atoms with Crippen molar-refractivity contribution in [2.24, 2.45) is 7.05 Å². The van der Waals surface area contributed by atoms with Crippen LogP contribution >= 0.6 is 0 Å². The van der Waals surface area contributed by atoms with Crippen molar-refractivity contribution >= 4 is 22.7 Å². The van der Waals surface area contributed by atoms with Gasteiger partial charge in [-0.25, -0.2) is 9.37 Å². The van der Waals surface area contributed by atoms with Crippen LogP contribution in [0.15, 0.2) is 47.3 Å². The summed E-state index contributed by atoms with van der Waals surface area (Å²) in [6.07, 6.45) is 0.140. The maximum absolute atomic E-state index is 13.6. The number of nitrogens with zero attached hydrogens (tertiary/aromatic N) is 5. The van der Waals surface area contributed by atoms with Crippen molar-refractivity contribution < 1.29 is 13.9 Å².